The molecule has 51 heavy (non-hydrogen) atoms. The number of hydrogen-bond acceptors (Lipinski definition) is 11. The van der Waals surface area contributed by atoms with Crippen LogP contribution in [0.3, 0.4) is 0 Å². The number of hydrogen-bond donors (Lipinski definition) is 1. The molecule has 0 saturated carbocycles. The van der Waals surface area contributed by atoms with Crippen molar-refractivity contribution in [1.29, 1.82) is 0 Å². The van der Waals surface area contributed by atoms with Crippen molar-refractivity contribution in [2.24, 2.45) is 0 Å². The Bertz CT molecular complexity index is 1290. The number of nitrogen functional groups attached to an aromatic ring is 1. The van der Waals surface area contributed by atoms with Gasteiger partial charge in [0.25, 0.3) is 5.69 Å². The maximum absolute atomic E-state index is 11.4. The van der Waals surface area contributed by atoms with Gasteiger partial charge in [0.15, 0.2) is 0 Å². The number of nitro benzene ring substituents is 1. The van der Waals surface area contributed by atoms with Crippen LogP contribution in [0.15, 0.2) is 36.4 Å². The van der Waals surface area contributed by atoms with Gasteiger partial charge in [0, 0.05) is 130 Å². The minimum atomic E-state index is -0.262. The first-order valence-electron chi connectivity index (χ1n) is 18.1. The predicted molar refractivity (Wildman–Crippen MR) is 211 cm³/mol. The Kier molecular flexibility index (Phi) is 20.5. The third-order valence-corrected chi connectivity index (χ3v) is 10.2. The third-order valence-electron chi connectivity index (χ3n) is 10.2. The Morgan fingerprint density at radius 3 is 1.55 bits per heavy atom. The first-order chi connectivity index (χ1) is 23.4. The molecule has 6 rings (SSSR count). The van der Waals surface area contributed by atoms with E-state index >= 15 is 0 Å². The number of nitrogens with two attached hydrogens (primary N) is 1. The second kappa shape index (κ2) is 23.3. The van der Waals surface area contributed by atoms with Crippen LogP contribution in [0.2, 0.25) is 0 Å². The van der Waals surface area contributed by atoms with E-state index in [1.54, 1.807) is 6.07 Å². The molecule has 2 N–H and O–H groups in total. The summed E-state index contributed by atoms with van der Waals surface area (Å²) in [6, 6.07) is 12.0. The standard InChI is InChI=1S/C18H28N4O3.C18H30N4O.CH3.ClH.Pd/c1-19(9-10-20-11-13-25-14-12-20)16-5-6-17(22(23)24)18(15-16)21-7-3-2-4-8-21;1-20(9-10-21-11-13-23-14-12-21)16-5-6-17(19)18(15-16)22-7-3-2-4-8-22;;;/h5-6,15H,2-4,7-14H2,1H3;5-6,15H,2-4,7-14,19H2,1H3;1H3;1H;/q;;-1;;. The van der Waals surface area contributed by atoms with Crippen molar-refractivity contribution >= 4 is 46.5 Å². The van der Waals surface area contributed by atoms with Gasteiger partial charge in [-0.3, -0.25) is 19.9 Å². The molecule has 4 aliphatic rings. The van der Waals surface area contributed by atoms with E-state index in [1.807, 2.05) is 12.1 Å². The molecule has 0 atom stereocenters. The normalized spacial score (nSPS) is 18.2. The number of benzene rings is 2. The molecule has 0 aliphatic carbocycles. The van der Waals surface area contributed by atoms with Crippen molar-refractivity contribution in [2.45, 2.75) is 38.5 Å². The molecular formula is C37H62ClN8O4Pd-. The topological polar surface area (TPSA) is 107 Å². The summed E-state index contributed by atoms with van der Waals surface area (Å²) in [7, 11) is 4.23. The quantitative estimate of drug-likeness (QED) is 0.106. The molecule has 2 aromatic rings. The molecule has 4 aliphatic heterocycles. The number of piperidine rings is 2. The van der Waals surface area contributed by atoms with E-state index in [0.717, 1.165) is 135 Å². The van der Waals surface area contributed by atoms with Gasteiger partial charge in [-0.2, -0.15) is 0 Å². The second-order valence-corrected chi connectivity index (χ2v) is 13.5. The first-order valence-corrected chi connectivity index (χ1v) is 18.1. The largest absolute Gasteiger partial charge is 0.397 e. The summed E-state index contributed by atoms with van der Waals surface area (Å²) in [6.07, 6.45) is 7.31. The number of nitrogens with zero attached hydrogens (tertiary/aromatic N) is 7. The summed E-state index contributed by atoms with van der Waals surface area (Å²) in [6.45, 7) is 15.5. The van der Waals surface area contributed by atoms with Crippen molar-refractivity contribution in [3.05, 3.63) is 53.9 Å². The smallest absolute Gasteiger partial charge is 0.292 e. The zero-order valence-electron chi connectivity index (χ0n) is 31.1. The predicted octanol–water partition coefficient (Wildman–Crippen LogP) is 5.25. The monoisotopic (exact) mass is 823 g/mol. The van der Waals surface area contributed by atoms with Gasteiger partial charge in [-0.1, -0.05) is 0 Å². The molecule has 14 heteroatoms. The number of anilines is 5. The summed E-state index contributed by atoms with van der Waals surface area (Å²) in [5, 5.41) is 11.4. The maximum atomic E-state index is 11.4. The van der Waals surface area contributed by atoms with Crippen LogP contribution in [0.5, 0.6) is 0 Å². The van der Waals surface area contributed by atoms with Crippen molar-refractivity contribution in [3.8, 4) is 0 Å². The Balaban J connectivity index is 0.000000335. The van der Waals surface area contributed by atoms with Crippen LogP contribution in [0.1, 0.15) is 38.5 Å². The summed E-state index contributed by atoms with van der Waals surface area (Å²) in [5.41, 5.74) is 11.6. The fourth-order valence-electron chi connectivity index (χ4n) is 6.96. The van der Waals surface area contributed by atoms with E-state index in [1.165, 1.54) is 37.1 Å². The summed E-state index contributed by atoms with van der Waals surface area (Å²) in [5.74, 6) is 0. The molecule has 0 amide bonds. The number of nitro groups is 1. The number of rotatable bonds is 11. The van der Waals surface area contributed by atoms with Gasteiger partial charge < -0.3 is 42.2 Å². The van der Waals surface area contributed by atoms with E-state index < -0.39 is 0 Å². The van der Waals surface area contributed by atoms with Crippen LogP contribution in [-0.2, 0) is 29.9 Å². The van der Waals surface area contributed by atoms with Crippen molar-refractivity contribution in [3.63, 3.8) is 0 Å². The molecule has 0 unspecified atom stereocenters. The zero-order chi connectivity index (χ0) is 33.7. The summed E-state index contributed by atoms with van der Waals surface area (Å²) < 4.78 is 10.8. The van der Waals surface area contributed by atoms with Crippen LogP contribution in [0, 0.1) is 17.5 Å². The number of morpholine rings is 2. The minimum absolute atomic E-state index is 0. The second-order valence-electron chi connectivity index (χ2n) is 13.5. The Morgan fingerprint density at radius 2 is 1.10 bits per heavy atom. The van der Waals surface area contributed by atoms with E-state index in [2.05, 4.69) is 61.7 Å². The van der Waals surface area contributed by atoms with Gasteiger partial charge in [0.2, 0.25) is 0 Å². The van der Waals surface area contributed by atoms with Crippen molar-refractivity contribution in [1.82, 2.24) is 9.80 Å². The third kappa shape index (κ3) is 13.5. The van der Waals surface area contributed by atoms with Crippen LogP contribution < -0.4 is 25.3 Å². The van der Waals surface area contributed by atoms with E-state index in [0.29, 0.717) is 0 Å². The van der Waals surface area contributed by atoms with Crippen molar-refractivity contribution < 1.29 is 34.8 Å². The average molecular weight is 825 g/mol. The van der Waals surface area contributed by atoms with Crippen LogP contribution in [-0.4, -0.2) is 134 Å². The molecule has 2 aromatic carbocycles. The first kappa shape index (κ1) is 44.8. The van der Waals surface area contributed by atoms with Crippen LogP contribution in [0.25, 0.3) is 0 Å². The number of ether oxygens (including phenoxy) is 2. The molecule has 0 radical (unpaired) electrons. The molecule has 0 bridgehead atoms. The van der Waals surface area contributed by atoms with Gasteiger partial charge in [0.1, 0.15) is 5.69 Å². The SMILES string of the molecule is CN(CCN1CCOCC1)c1ccc(N)c(N2CCCCC2)c1.CN(CCN1CCOCC1)c1ccc([N+](=O)[O-])c(N2CCCCC2)c1.Cl.[CH3-].[Pd]. The van der Waals surface area contributed by atoms with Crippen LogP contribution >= 0.6 is 12.4 Å². The fourth-order valence-corrected chi connectivity index (χ4v) is 6.96. The van der Waals surface area contributed by atoms with Gasteiger partial charge >= 0.3 is 0 Å². The molecule has 4 saturated heterocycles. The molecular weight excluding hydrogens is 762 g/mol. The van der Waals surface area contributed by atoms with Crippen LogP contribution in [0.4, 0.5) is 34.1 Å². The number of halogens is 1. The van der Waals surface area contributed by atoms with E-state index in [-0.39, 0.29) is 50.9 Å². The molecule has 0 aromatic heterocycles. The van der Waals surface area contributed by atoms with Gasteiger partial charge in [-0.05, 0) is 68.9 Å². The fraction of sp³-hybridized carbons (Fsp3) is 0.649. The Morgan fingerprint density at radius 1 is 0.686 bits per heavy atom. The van der Waals surface area contributed by atoms with E-state index in [4.69, 9.17) is 15.2 Å². The minimum Gasteiger partial charge on any atom is -0.397 e. The molecule has 0 spiro atoms. The molecule has 4 heterocycles. The van der Waals surface area contributed by atoms with Gasteiger partial charge in [-0.25, -0.2) is 0 Å². The molecule has 12 nitrogen and oxygen atoms in total. The maximum Gasteiger partial charge on any atom is 0.292 e. The zero-order valence-corrected chi connectivity index (χ0v) is 33.5. The Labute approximate surface area is 326 Å². The summed E-state index contributed by atoms with van der Waals surface area (Å²) >= 11 is 0. The Hall–Kier alpha value is -2.37. The number of likely N-dealkylation sites (N-methyl/N-ethyl adjacent to an activating group) is 2. The van der Waals surface area contributed by atoms with Gasteiger partial charge in [-0.15, -0.1) is 12.4 Å². The summed E-state index contributed by atoms with van der Waals surface area (Å²) in [4.78, 5) is 25.2. The molecule has 292 valence electrons. The van der Waals surface area contributed by atoms with Crippen molar-refractivity contribution in [2.75, 3.05) is 144 Å². The van der Waals surface area contributed by atoms with Gasteiger partial charge in [0.05, 0.1) is 42.7 Å². The van der Waals surface area contributed by atoms with E-state index in [9.17, 15) is 10.1 Å². The molecule has 4 fully saturated rings. The average Bonchev–Trinajstić information content (AvgIpc) is 3.14.